The van der Waals surface area contributed by atoms with Crippen LogP contribution in [0.3, 0.4) is 0 Å². The summed E-state index contributed by atoms with van der Waals surface area (Å²) >= 11 is 0. The second kappa shape index (κ2) is 14.4. The van der Waals surface area contributed by atoms with Crippen LogP contribution in [0, 0.1) is 5.92 Å². The van der Waals surface area contributed by atoms with Crippen molar-refractivity contribution in [1.82, 2.24) is 20.9 Å². The van der Waals surface area contributed by atoms with Crippen molar-refractivity contribution in [1.29, 1.82) is 0 Å². The second-order valence-corrected chi connectivity index (χ2v) is 10.9. The fourth-order valence-electron chi connectivity index (χ4n) is 4.81. The van der Waals surface area contributed by atoms with Crippen LogP contribution in [0.15, 0.2) is 54.6 Å². The van der Waals surface area contributed by atoms with Gasteiger partial charge in [-0.2, -0.15) is 0 Å². The predicted octanol–water partition coefficient (Wildman–Crippen LogP) is 0.241. The van der Waals surface area contributed by atoms with Gasteiger partial charge in [-0.05, 0) is 48.9 Å². The van der Waals surface area contributed by atoms with Crippen molar-refractivity contribution < 1.29 is 29.1 Å². The maximum atomic E-state index is 13.6. The van der Waals surface area contributed by atoms with Crippen molar-refractivity contribution in [3.63, 3.8) is 0 Å². The molecule has 5 atom stereocenters. The summed E-state index contributed by atoms with van der Waals surface area (Å²) in [5.74, 6) is -3.04. The number of hydrogen-bond donors (Lipinski definition) is 6. The van der Waals surface area contributed by atoms with E-state index < -0.39 is 59.7 Å². The minimum Gasteiger partial charge on any atom is -0.508 e. The van der Waals surface area contributed by atoms with Crippen LogP contribution in [-0.2, 0) is 30.4 Å². The smallest absolute Gasteiger partial charge is 0.247 e. The number of nitrogens with one attached hydrogen (secondary N) is 3. The van der Waals surface area contributed by atoms with Crippen LogP contribution in [0.5, 0.6) is 5.75 Å². The van der Waals surface area contributed by atoms with Gasteiger partial charge in [-0.1, -0.05) is 56.3 Å². The first-order valence-electron chi connectivity index (χ1n) is 14.0. The molecule has 0 unspecified atom stereocenters. The molecule has 2 aromatic carbocycles. The topological polar surface area (TPSA) is 197 Å². The van der Waals surface area contributed by atoms with E-state index in [2.05, 4.69) is 16.0 Å². The van der Waals surface area contributed by atoms with Crippen molar-refractivity contribution >= 4 is 29.5 Å². The third kappa shape index (κ3) is 8.29. The number of nitrogens with zero attached hydrogens (tertiary/aromatic N) is 1. The van der Waals surface area contributed by atoms with Gasteiger partial charge in [0.25, 0.3) is 0 Å². The summed E-state index contributed by atoms with van der Waals surface area (Å²) in [6, 6.07) is 9.85. The minimum atomic E-state index is -1.18. The van der Waals surface area contributed by atoms with Crippen LogP contribution in [0.4, 0.5) is 0 Å². The number of likely N-dealkylation sites (tertiary alicyclic amines) is 1. The summed E-state index contributed by atoms with van der Waals surface area (Å²) in [5, 5.41) is 17.6. The lowest BCUT2D eigenvalue weighted by molar-refractivity contribution is -0.143. The molecule has 8 N–H and O–H groups in total. The highest BCUT2D eigenvalue weighted by Gasteiger charge is 2.40. The maximum Gasteiger partial charge on any atom is 0.247 e. The van der Waals surface area contributed by atoms with Crippen molar-refractivity contribution in [2.45, 2.75) is 70.2 Å². The fraction of sp³-hybridized carbons (Fsp3) is 0.433. The SMILES string of the molecule is CC(C)[C@H](NC(=O)[C@H](C)N)C(=O)N1CCC[C@H]1C(=O)N[C@H](C(=O)N[C@@H](Cc1ccc(O)cc1)C(N)=O)c1ccccc1. The number of phenols is 1. The van der Waals surface area contributed by atoms with Gasteiger partial charge in [-0.25, -0.2) is 0 Å². The van der Waals surface area contributed by atoms with E-state index in [0.717, 1.165) is 0 Å². The summed E-state index contributed by atoms with van der Waals surface area (Å²) in [4.78, 5) is 66.6. The first kappa shape index (κ1) is 32.1. The first-order valence-corrected chi connectivity index (χ1v) is 14.0. The molecule has 0 saturated carbocycles. The lowest BCUT2D eigenvalue weighted by Crippen LogP contribution is -2.57. The normalized spacial score (nSPS) is 17.5. The van der Waals surface area contributed by atoms with E-state index in [1.165, 1.54) is 24.0 Å². The maximum absolute atomic E-state index is 13.6. The van der Waals surface area contributed by atoms with Crippen LogP contribution >= 0.6 is 0 Å². The van der Waals surface area contributed by atoms with Gasteiger partial charge in [0, 0.05) is 13.0 Å². The molecule has 1 heterocycles. The van der Waals surface area contributed by atoms with Gasteiger partial charge in [-0.3, -0.25) is 24.0 Å². The van der Waals surface area contributed by atoms with E-state index in [1.54, 1.807) is 56.3 Å². The molecule has 12 heteroatoms. The average Bonchev–Trinajstić information content (AvgIpc) is 3.45. The zero-order valence-corrected chi connectivity index (χ0v) is 24.1. The summed E-state index contributed by atoms with van der Waals surface area (Å²) in [6.07, 6.45) is 1.01. The van der Waals surface area contributed by atoms with Crippen molar-refractivity contribution in [3.8, 4) is 5.75 Å². The lowest BCUT2D eigenvalue weighted by Gasteiger charge is -2.31. The number of aromatic hydroxyl groups is 1. The molecule has 1 fully saturated rings. The molecule has 1 saturated heterocycles. The summed E-state index contributed by atoms with van der Waals surface area (Å²) < 4.78 is 0. The average molecular weight is 581 g/mol. The first-order chi connectivity index (χ1) is 19.9. The third-order valence-corrected chi connectivity index (χ3v) is 7.20. The molecule has 226 valence electrons. The van der Waals surface area contributed by atoms with Crippen LogP contribution in [0.25, 0.3) is 0 Å². The Kier molecular flexibility index (Phi) is 11.0. The van der Waals surface area contributed by atoms with E-state index in [9.17, 15) is 29.1 Å². The van der Waals surface area contributed by atoms with Crippen molar-refractivity contribution in [2.75, 3.05) is 6.54 Å². The number of phenolic OH excluding ortho intramolecular Hbond substituents is 1. The highest BCUT2D eigenvalue weighted by molar-refractivity contribution is 5.96. The second-order valence-electron chi connectivity index (χ2n) is 10.9. The van der Waals surface area contributed by atoms with Crippen LogP contribution < -0.4 is 27.4 Å². The number of amides is 5. The molecule has 0 aromatic heterocycles. The molecular formula is C30H40N6O6. The molecule has 1 aliphatic rings. The van der Waals surface area contributed by atoms with E-state index in [0.29, 0.717) is 30.5 Å². The molecule has 42 heavy (non-hydrogen) atoms. The Labute approximate surface area is 245 Å². The standard InChI is InChI=1S/C30H40N6O6/c1-17(2)24(34-27(39)18(3)31)30(42)36-15-7-10-23(36)28(40)35-25(20-8-5-4-6-9-20)29(41)33-22(26(32)38)16-19-11-13-21(37)14-12-19/h4-6,8-9,11-14,17-18,22-25,37H,7,10,15-16,31H2,1-3H3,(H2,32,38)(H,33,41)(H,34,39)(H,35,40)/t18-,22-,23-,24-,25-/m0/s1. The van der Waals surface area contributed by atoms with Gasteiger partial charge in [0.2, 0.25) is 29.5 Å². The molecule has 1 aliphatic heterocycles. The van der Waals surface area contributed by atoms with Gasteiger partial charge in [0.05, 0.1) is 6.04 Å². The van der Waals surface area contributed by atoms with E-state index in [4.69, 9.17) is 11.5 Å². The quantitative estimate of drug-likeness (QED) is 0.207. The summed E-state index contributed by atoms with van der Waals surface area (Å²) in [6.45, 7) is 5.41. The van der Waals surface area contributed by atoms with Crippen LogP contribution in [0.1, 0.15) is 50.8 Å². The van der Waals surface area contributed by atoms with Crippen molar-refractivity contribution in [3.05, 3.63) is 65.7 Å². The third-order valence-electron chi connectivity index (χ3n) is 7.20. The monoisotopic (exact) mass is 580 g/mol. The van der Waals surface area contributed by atoms with E-state index in [1.807, 2.05) is 0 Å². The molecule has 0 aliphatic carbocycles. The minimum absolute atomic E-state index is 0.0562. The number of nitrogens with two attached hydrogens (primary N) is 2. The number of benzene rings is 2. The highest BCUT2D eigenvalue weighted by atomic mass is 16.3. The number of hydrogen-bond acceptors (Lipinski definition) is 7. The molecule has 2 aromatic rings. The largest absolute Gasteiger partial charge is 0.508 e. The van der Waals surface area contributed by atoms with Crippen LogP contribution in [0.2, 0.25) is 0 Å². The highest BCUT2D eigenvalue weighted by Crippen LogP contribution is 2.23. The zero-order valence-electron chi connectivity index (χ0n) is 24.1. The number of carbonyl (C=O) groups excluding carboxylic acids is 5. The lowest BCUT2D eigenvalue weighted by atomic mass is 10.0. The number of rotatable bonds is 12. The van der Waals surface area contributed by atoms with Crippen LogP contribution in [-0.4, -0.2) is 70.3 Å². The summed E-state index contributed by atoms with van der Waals surface area (Å²) in [7, 11) is 0. The Morgan fingerprint density at radius 3 is 2.14 bits per heavy atom. The molecule has 5 amide bonds. The van der Waals surface area contributed by atoms with Gasteiger partial charge in [-0.15, -0.1) is 0 Å². The van der Waals surface area contributed by atoms with Gasteiger partial charge in [0.15, 0.2) is 0 Å². The Morgan fingerprint density at radius 1 is 0.929 bits per heavy atom. The zero-order chi connectivity index (χ0) is 31.0. The van der Waals surface area contributed by atoms with Crippen molar-refractivity contribution in [2.24, 2.45) is 17.4 Å². The number of carbonyl (C=O) groups is 5. The van der Waals surface area contributed by atoms with Gasteiger partial charge >= 0.3 is 0 Å². The number of primary amides is 1. The van der Waals surface area contributed by atoms with E-state index >= 15 is 0 Å². The molecule has 0 spiro atoms. The van der Waals surface area contributed by atoms with Gasteiger partial charge < -0.3 is 37.4 Å². The Balaban J connectivity index is 1.80. The predicted molar refractivity (Wildman–Crippen MR) is 155 cm³/mol. The Morgan fingerprint density at radius 2 is 1.57 bits per heavy atom. The summed E-state index contributed by atoms with van der Waals surface area (Å²) in [5.41, 5.74) is 12.4. The molecule has 3 rings (SSSR count). The Bertz CT molecular complexity index is 1270. The molecule has 12 nitrogen and oxygen atoms in total. The Hall–Kier alpha value is -4.45. The fourth-order valence-corrected chi connectivity index (χ4v) is 4.81. The molecule has 0 radical (unpaired) electrons. The molecule has 0 bridgehead atoms. The molecular weight excluding hydrogens is 540 g/mol. The van der Waals surface area contributed by atoms with E-state index in [-0.39, 0.29) is 18.1 Å². The van der Waals surface area contributed by atoms with Gasteiger partial charge in [0.1, 0.15) is 29.9 Å².